The van der Waals surface area contributed by atoms with E-state index >= 15 is 0 Å². The number of allylic oxidation sites excluding steroid dienone is 28. The van der Waals surface area contributed by atoms with Gasteiger partial charge < -0.3 is 34.2 Å². The van der Waals surface area contributed by atoms with E-state index in [1.807, 2.05) is 0 Å². The molecule has 109 heavy (non-hydrogen) atoms. The summed E-state index contributed by atoms with van der Waals surface area (Å²) in [5.41, 5.74) is 0. The van der Waals surface area contributed by atoms with Gasteiger partial charge in [-0.05, 0) is 154 Å². The van der Waals surface area contributed by atoms with E-state index in [1.54, 1.807) is 0 Å². The normalized spacial score (nSPS) is 14.7. The van der Waals surface area contributed by atoms with Crippen molar-refractivity contribution in [2.75, 3.05) is 39.6 Å². The van der Waals surface area contributed by atoms with Gasteiger partial charge in [0.15, 0.2) is 6.10 Å². The number of carbonyl (C=O) groups excluding carboxylic acids is 3. The number of phosphoric ester groups is 2. The van der Waals surface area contributed by atoms with Gasteiger partial charge in [-0.25, -0.2) is 9.13 Å². The van der Waals surface area contributed by atoms with Gasteiger partial charge in [0.1, 0.15) is 25.4 Å². The second-order valence-corrected chi connectivity index (χ2v) is 30.8. The highest BCUT2D eigenvalue weighted by Gasteiger charge is 2.29. The van der Waals surface area contributed by atoms with Gasteiger partial charge in [0.25, 0.3) is 0 Å². The SMILES string of the molecule is CC/C=C\C/C=C\C/C=C\C/C=C\C/C=C\CCCCCCCCCCCC(=O)OCC(COP(=O)(O)OCC(O)COP(=O)(O)OCC(O)COC(=O)CCCCCCCCCCCCC/C=C\C/C=C\C/C=C\C/C=C\CCCCC)OC(=O)CCCCCCC/C=C\C/C=C\C/C=C\C/C=C\C/C=C\CC. The van der Waals surface area contributed by atoms with Crippen molar-refractivity contribution in [2.24, 2.45) is 0 Å². The summed E-state index contributed by atoms with van der Waals surface area (Å²) in [7, 11) is -9.82. The predicted molar refractivity (Wildman–Crippen MR) is 454 cm³/mol. The van der Waals surface area contributed by atoms with Crippen LogP contribution in [0.1, 0.15) is 329 Å². The second kappa shape index (κ2) is 82.4. The minimum atomic E-state index is -4.95. The molecule has 622 valence electrons. The van der Waals surface area contributed by atoms with Gasteiger partial charge >= 0.3 is 33.6 Å². The molecule has 0 saturated carbocycles. The van der Waals surface area contributed by atoms with E-state index < -0.39 is 91.5 Å². The third-order valence-corrected chi connectivity index (χ3v) is 19.3. The van der Waals surface area contributed by atoms with Gasteiger partial charge in [0.2, 0.25) is 0 Å². The number of aliphatic hydroxyl groups is 2. The highest BCUT2D eigenvalue weighted by molar-refractivity contribution is 7.47. The summed E-state index contributed by atoms with van der Waals surface area (Å²) in [4.78, 5) is 58.9. The van der Waals surface area contributed by atoms with Crippen LogP contribution in [0.4, 0.5) is 0 Å². The Hall–Kier alpha value is -5.09. The maximum Gasteiger partial charge on any atom is 0.472 e. The molecule has 0 fully saturated rings. The molecule has 18 heteroatoms. The third-order valence-electron chi connectivity index (χ3n) is 17.4. The smallest absolute Gasteiger partial charge is 0.463 e. The number of hydrogen-bond donors (Lipinski definition) is 4. The Labute approximate surface area is 662 Å². The van der Waals surface area contributed by atoms with Gasteiger partial charge in [-0.3, -0.25) is 32.5 Å². The number of unbranched alkanes of at least 4 members (excludes halogenated alkanes) is 28. The average Bonchev–Trinajstić information content (AvgIpc) is 0.910. The minimum Gasteiger partial charge on any atom is -0.463 e. The number of carbonyl (C=O) groups is 3. The molecule has 0 bridgehead atoms. The van der Waals surface area contributed by atoms with Crippen molar-refractivity contribution in [3.05, 3.63) is 170 Å². The van der Waals surface area contributed by atoms with E-state index in [9.17, 15) is 43.5 Å². The minimum absolute atomic E-state index is 0.0750. The molecular weight excluding hydrogens is 1410 g/mol. The molecule has 16 nitrogen and oxygen atoms in total. The van der Waals surface area contributed by atoms with E-state index in [0.29, 0.717) is 19.3 Å². The summed E-state index contributed by atoms with van der Waals surface area (Å²) in [6, 6.07) is 0. The fraction of sp³-hybridized carbons (Fsp3) is 0.659. The molecule has 0 amide bonds. The Kier molecular flexibility index (Phi) is 78.5. The second-order valence-electron chi connectivity index (χ2n) is 27.9. The molecule has 0 heterocycles. The van der Waals surface area contributed by atoms with Crippen LogP contribution in [0.25, 0.3) is 0 Å². The molecule has 0 radical (unpaired) electrons. The van der Waals surface area contributed by atoms with Crippen molar-refractivity contribution in [1.82, 2.24) is 0 Å². The first kappa shape index (κ1) is 104. The van der Waals surface area contributed by atoms with Crippen LogP contribution >= 0.6 is 15.6 Å². The maximum absolute atomic E-state index is 13.0. The number of rotatable bonds is 79. The van der Waals surface area contributed by atoms with Crippen molar-refractivity contribution in [3.63, 3.8) is 0 Å². The van der Waals surface area contributed by atoms with Crippen LogP contribution < -0.4 is 0 Å². The van der Waals surface area contributed by atoms with Crippen molar-refractivity contribution in [2.45, 2.75) is 347 Å². The Balaban J connectivity index is 4.68. The molecular formula is C91H152O16P2. The molecule has 5 atom stereocenters. The van der Waals surface area contributed by atoms with Gasteiger partial charge in [-0.1, -0.05) is 326 Å². The zero-order chi connectivity index (χ0) is 79.4. The molecule has 0 aliphatic heterocycles. The number of hydrogen-bond acceptors (Lipinski definition) is 14. The Morgan fingerprint density at radius 3 is 0.771 bits per heavy atom. The Bertz CT molecular complexity index is 2660. The number of phosphoric acid groups is 2. The van der Waals surface area contributed by atoms with Crippen molar-refractivity contribution in [3.8, 4) is 0 Å². The van der Waals surface area contributed by atoms with Crippen molar-refractivity contribution >= 4 is 33.6 Å². The first-order chi connectivity index (χ1) is 53.2. The van der Waals surface area contributed by atoms with E-state index in [4.69, 9.17) is 32.3 Å². The van der Waals surface area contributed by atoms with Gasteiger partial charge in [0, 0.05) is 19.3 Å². The lowest BCUT2D eigenvalue weighted by atomic mass is 10.0. The van der Waals surface area contributed by atoms with Crippen LogP contribution in [0, 0.1) is 0 Å². The lowest BCUT2D eigenvalue weighted by Gasteiger charge is -2.21. The first-order valence-electron chi connectivity index (χ1n) is 42.4. The zero-order valence-corrected chi connectivity index (χ0v) is 70.0. The van der Waals surface area contributed by atoms with E-state index in [-0.39, 0.29) is 19.3 Å². The topological polar surface area (TPSA) is 231 Å². The van der Waals surface area contributed by atoms with Crippen LogP contribution in [0.2, 0.25) is 0 Å². The van der Waals surface area contributed by atoms with E-state index in [2.05, 4.69) is 191 Å². The fourth-order valence-corrected chi connectivity index (χ4v) is 12.6. The maximum atomic E-state index is 13.0. The van der Waals surface area contributed by atoms with Gasteiger partial charge in [-0.2, -0.15) is 0 Å². The summed E-state index contributed by atoms with van der Waals surface area (Å²) in [6.07, 6.45) is 105. The van der Waals surface area contributed by atoms with E-state index in [0.717, 1.165) is 173 Å². The monoisotopic (exact) mass is 1560 g/mol. The molecule has 0 aromatic rings. The molecule has 0 aliphatic rings. The molecule has 4 N–H and O–H groups in total. The van der Waals surface area contributed by atoms with Crippen LogP contribution in [0.3, 0.4) is 0 Å². The van der Waals surface area contributed by atoms with Crippen LogP contribution in [-0.4, -0.2) is 95.9 Å². The quantitative estimate of drug-likeness (QED) is 0.0146. The molecule has 0 aromatic carbocycles. The predicted octanol–water partition coefficient (Wildman–Crippen LogP) is 25.5. The molecule has 0 rings (SSSR count). The lowest BCUT2D eigenvalue weighted by Crippen LogP contribution is -2.30. The summed E-state index contributed by atoms with van der Waals surface area (Å²) in [6.45, 7) is 2.41. The standard InChI is InChI=1S/C91H152O16P2/c1-4-7-10-13-16-19-22-25-28-31-34-37-39-41-42-44-46-48-50-53-56-59-62-65-68-71-74-77-89(94)101-80-86(92)81-103-108(97,98)104-82-87(93)83-105-109(99,100)106-85-88(107-91(96)79-76-73-70-67-64-61-58-55-52-47-36-33-30-27-24-21-18-15-12-9-6-3)84-102-90(95)78-75-72-69-66-63-60-57-54-51-49-45-43-40-38-35-32-29-26-23-20-17-14-11-8-5-2/h8-9,11-12,16-21,25-30,34-38,41-43,45,47,55,58,86-88,92-93H,4-7,10,13-15,22-24,31-33,39-40,44,46,48-54,56-57,59-85H2,1-3H3,(H,97,98)(H,99,100)/b11-8-,12-9-,19-16-,20-17-,21-18-,28-25-,29-26-,30-27-,37-34-,38-35-,42-41-,45-43-,47-36-,58-55-. The summed E-state index contributed by atoms with van der Waals surface area (Å²) < 4.78 is 61.3. The zero-order valence-electron chi connectivity index (χ0n) is 68.2. The average molecular weight is 1560 g/mol. The van der Waals surface area contributed by atoms with Gasteiger partial charge in [0.05, 0.1) is 26.4 Å². The largest absolute Gasteiger partial charge is 0.472 e. The Morgan fingerprint density at radius 2 is 0.486 bits per heavy atom. The van der Waals surface area contributed by atoms with Crippen LogP contribution in [-0.2, 0) is 55.8 Å². The van der Waals surface area contributed by atoms with Crippen molar-refractivity contribution < 1.29 is 75.8 Å². The van der Waals surface area contributed by atoms with Gasteiger partial charge in [-0.15, -0.1) is 0 Å². The number of aliphatic hydroxyl groups excluding tert-OH is 2. The summed E-state index contributed by atoms with van der Waals surface area (Å²) >= 11 is 0. The number of esters is 3. The molecule has 0 aromatic heterocycles. The van der Waals surface area contributed by atoms with Crippen LogP contribution in [0.5, 0.6) is 0 Å². The lowest BCUT2D eigenvalue weighted by molar-refractivity contribution is -0.161. The Morgan fingerprint density at radius 1 is 0.266 bits per heavy atom. The molecule has 5 unspecified atom stereocenters. The van der Waals surface area contributed by atoms with Crippen LogP contribution in [0.15, 0.2) is 170 Å². The number of ether oxygens (including phenoxy) is 3. The molecule has 0 saturated heterocycles. The molecule has 0 spiro atoms. The summed E-state index contributed by atoms with van der Waals surface area (Å²) in [5.74, 6) is -1.61. The van der Waals surface area contributed by atoms with E-state index in [1.165, 1.54) is 96.3 Å². The summed E-state index contributed by atoms with van der Waals surface area (Å²) in [5, 5.41) is 20.7. The van der Waals surface area contributed by atoms with Crippen molar-refractivity contribution in [1.29, 1.82) is 0 Å². The molecule has 0 aliphatic carbocycles. The first-order valence-corrected chi connectivity index (χ1v) is 45.4. The highest BCUT2D eigenvalue weighted by Crippen LogP contribution is 2.45. The third kappa shape index (κ3) is 83.7. The fourth-order valence-electron chi connectivity index (χ4n) is 11.0. The highest BCUT2D eigenvalue weighted by atomic mass is 31.2.